The SMILES string of the molecule is NC(=S)Nc1cccc(Cl)c1C(=O)O. The number of carboxylic acids is 1. The van der Waals surface area contributed by atoms with E-state index in [1.54, 1.807) is 6.07 Å². The minimum atomic E-state index is -1.13. The lowest BCUT2D eigenvalue weighted by atomic mass is 10.2. The number of rotatable bonds is 2. The molecule has 0 bridgehead atoms. The first-order chi connectivity index (χ1) is 6.52. The second-order valence-corrected chi connectivity index (χ2v) is 3.30. The fraction of sp³-hybridized carbons (Fsp3) is 0. The van der Waals surface area contributed by atoms with Gasteiger partial charge in [-0.3, -0.25) is 0 Å². The van der Waals surface area contributed by atoms with Gasteiger partial charge in [0.15, 0.2) is 5.11 Å². The van der Waals surface area contributed by atoms with Gasteiger partial charge in [0.05, 0.1) is 10.7 Å². The summed E-state index contributed by atoms with van der Waals surface area (Å²) in [6.07, 6.45) is 0. The first-order valence-corrected chi connectivity index (χ1v) is 4.39. The van der Waals surface area contributed by atoms with E-state index in [0.29, 0.717) is 0 Å². The first kappa shape index (κ1) is 10.7. The van der Waals surface area contributed by atoms with Crippen LogP contribution in [-0.4, -0.2) is 16.2 Å². The molecule has 0 atom stereocenters. The van der Waals surface area contributed by atoms with Crippen LogP contribution in [0.2, 0.25) is 5.02 Å². The summed E-state index contributed by atoms with van der Waals surface area (Å²) in [6.45, 7) is 0. The Morgan fingerprint density at radius 2 is 2.21 bits per heavy atom. The maximum absolute atomic E-state index is 10.8. The third-order valence-electron chi connectivity index (χ3n) is 1.49. The molecule has 1 aromatic carbocycles. The van der Waals surface area contributed by atoms with E-state index in [1.165, 1.54) is 12.1 Å². The molecule has 0 heterocycles. The number of hydrogen-bond donors (Lipinski definition) is 3. The summed E-state index contributed by atoms with van der Waals surface area (Å²) in [5.74, 6) is -1.13. The summed E-state index contributed by atoms with van der Waals surface area (Å²) >= 11 is 10.3. The number of nitrogens with one attached hydrogen (secondary N) is 1. The van der Waals surface area contributed by atoms with Crippen molar-refractivity contribution >= 4 is 40.6 Å². The molecule has 0 aliphatic heterocycles. The molecule has 4 N–H and O–H groups in total. The summed E-state index contributed by atoms with van der Waals surface area (Å²) < 4.78 is 0. The van der Waals surface area contributed by atoms with Gasteiger partial charge in [-0.25, -0.2) is 4.79 Å². The smallest absolute Gasteiger partial charge is 0.339 e. The molecule has 0 fully saturated rings. The van der Waals surface area contributed by atoms with Crippen molar-refractivity contribution in [2.75, 3.05) is 5.32 Å². The lowest BCUT2D eigenvalue weighted by Gasteiger charge is -2.08. The van der Waals surface area contributed by atoms with E-state index in [1.807, 2.05) is 0 Å². The van der Waals surface area contributed by atoms with Crippen LogP contribution in [-0.2, 0) is 0 Å². The topological polar surface area (TPSA) is 75.3 Å². The molecule has 1 rings (SSSR count). The lowest BCUT2D eigenvalue weighted by molar-refractivity contribution is 0.0698. The summed E-state index contributed by atoms with van der Waals surface area (Å²) in [7, 11) is 0. The average Bonchev–Trinajstić information content (AvgIpc) is 2.01. The van der Waals surface area contributed by atoms with Crippen LogP contribution in [0.15, 0.2) is 18.2 Å². The second-order valence-electron chi connectivity index (χ2n) is 2.46. The summed E-state index contributed by atoms with van der Waals surface area (Å²) in [4.78, 5) is 10.8. The molecule has 74 valence electrons. The fourth-order valence-electron chi connectivity index (χ4n) is 0.978. The summed E-state index contributed by atoms with van der Waals surface area (Å²) in [5, 5.41) is 11.5. The molecule has 0 radical (unpaired) electrons. The maximum atomic E-state index is 10.8. The molecule has 0 aliphatic carbocycles. The van der Waals surface area contributed by atoms with E-state index in [4.69, 9.17) is 22.4 Å². The molecule has 0 saturated heterocycles. The zero-order valence-electron chi connectivity index (χ0n) is 6.95. The van der Waals surface area contributed by atoms with Crippen molar-refractivity contribution in [3.8, 4) is 0 Å². The molecule has 4 nitrogen and oxygen atoms in total. The van der Waals surface area contributed by atoms with Crippen molar-refractivity contribution < 1.29 is 9.90 Å². The van der Waals surface area contributed by atoms with Crippen molar-refractivity contribution in [2.45, 2.75) is 0 Å². The Labute approximate surface area is 90.7 Å². The van der Waals surface area contributed by atoms with Gasteiger partial charge in [-0.05, 0) is 24.4 Å². The molecular weight excluding hydrogens is 224 g/mol. The number of thiocarbonyl (C=S) groups is 1. The molecule has 0 aliphatic rings. The third kappa shape index (κ3) is 2.34. The maximum Gasteiger partial charge on any atom is 0.339 e. The van der Waals surface area contributed by atoms with Crippen LogP contribution in [0.4, 0.5) is 5.69 Å². The molecule has 1 aromatic rings. The Morgan fingerprint density at radius 3 is 2.71 bits per heavy atom. The number of hydrogen-bond acceptors (Lipinski definition) is 2. The quantitative estimate of drug-likeness (QED) is 0.675. The molecule has 6 heteroatoms. The normalized spacial score (nSPS) is 9.50. The number of halogens is 1. The molecule has 0 unspecified atom stereocenters. The number of carbonyl (C=O) groups is 1. The van der Waals surface area contributed by atoms with Gasteiger partial charge in [0.1, 0.15) is 5.56 Å². The third-order valence-corrected chi connectivity index (χ3v) is 1.90. The largest absolute Gasteiger partial charge is 0.478 e. The Bertz CT molecular complexity index is 395. The number of anilines is 1. The van der Waals surface area contributed by atoms with E-state index in [0.717, 1.165) is 0 Å². The average molecular weight is 231 g/mol. The van der Waals surface area contributed by atoms with Gasteiger partial charge in [-0.2, -0.15) is 0 Å². The zero-order chi connectivity index (χ0) is 10.7. The van der Waals surface area contributed by atoms with Gasteiger partial charge in [-0.1, -0.05) is 17.7 Å². The molecular formula is C8H7ClN2O2S. The Balaban J connectivity index is 3.21. The van der Waals surface area contributed by atoms with Gasteiger partial charge in [0.25, 0.3) is 0 Å². The molecule has 0 spiro atoms. The number of benzene rings is 1. The van der Waals surface area contributed by atoms with E-state index >= 15 is 0 Å². The first-order valence-electron chi connectivity index (χ1n) is 3.60. The number of carboxylic acid groups (broad SMARTS) is 1. The minimum Gasteiger partial charge on any atom is -0.478 e. The van der Waals surface area contributed by atoms with E-state index < -0.39 is 5.97 Å². The van der Waals surface area contributed by atoms with Crippen molar-refractivity contribution in [2.24, 2.45) is 5.73 Å². The number of aromatic carboxylic acids is 1. The van der Waals surface area contributed by atoms with Crippen LogP contribution >= 0.6 is 23.8 Å². The van der Waals surface area contributed by atoms with Crippen molar-refractivity contribution in [1.82, 2.24) is 0 Å². The highest BCUT2D eigenvalue weighted by Crippen LogP contribution is 2.23. The van der Waals surface area contributed by atoms with Crippen LogP contribution < -0.4 is 11.1 Å². The van der Waals surface area contributed by atoms with E-state index in [9.17, 15) is 4.79 Å². The standard InChI is InChI=1S/C8H7ClN2O2S/c9-4-2-1-3-5(11-8(10)14)6(4)7(12)13/h1-3H,(H,12,13)(H3,10,11,14). The highest BCUT2D eigenvalue weighted by Gasteiger charge is 2.14. The van der Waals surface area contributed by atoms with E-state index in [2.05, 4.69) is 17.5 Å². The monoisotopic (exact) mass is 230 g/mol. The predicted molar refractivity (Wildman–Crippen MR) is 58.8 cm³/mol. The zero-order valence-corrected chi connectivity index (χ0v) is 8.52. The fourth-order valence-corrected chi connectivity index (χ4v) is 1.34. The lowest BCUT2D eigenvalue weighted by Crippen LogP contribution is -2.20. The summed E-state index contributed by atoms with van der Waals surface area (Å²) in [5.41, 5.74) is 5.48. The highest BCUT2D eigenvalue weighted by molar-refractivity contribution is 7.80. The van der Waals surface area contributed by atoms with Gasteiger partial charge >= 0.3 is 5.97 Å². The van der Waals surface area contributed by atoms with Crippen LogP contribution in [0, 0.1) is 0 Å². The molecule has 0 saturated carbocycles. The summed E-state index contributed by atoms with van der Waals surface area (Å²) in [6, 6.07) is 4.62. The van der Waals surface area contributed by atoms with Gasteiger partial charge in [-0.15, -0.1) is 0 Å². The van der Waals surface area contributed by atoms with Crippen LogP contribution in [0.5, 0.6) is 0 Å². The Kier molecular flexibility index (Phi) is 3.27. The Hall–Kier alpha value is -1.33. The van der Waals surface area contributed by atoms with Crippen molar-refractivity contribution in [3.05, 3.63) is 28.8 Å². The van der Waals surface area contributed by atoms with Crippen LogP contribution in [0.25, 0.3) is 0 Å². The van der Waals surface area contributed by atoms with Gasteiger partial charge in [0, 0.05) is 0 Å². The van der Waals surface area contributed by atoms with Crippen LogP contribution in [0.3, 0.4) is 0 Å². The number of nitrogens with two attached hydrogens (primary N) is 1. The molecule has 0 aromatic heterocycles. The molecule has 0 amide bonds. The highest BCUT2D eigenvalue weighted by atomic mass is 35.5. The van der Waals surface area contributed by atoms with Crippen LogP contribution in [0.1, 0.15) is 10.4 Å². The van der Waals surface area contributed by atoms with Gasteiger partial charge in [0.2, 0.25) is 0 Å². The second kappa shape index (κ2) is 4.26. The predicted octanol–water partition coefficient (Wildman–Crippen LogP) is 1.69. The Morgan fingerprint density at radius 1 is 1.57 bits per heavy atom. The molecule has 14 heavy (non-hydrogen) atoms. The minimum absolute atomic E-state index is 0.00485. The van der Waals surface area contributed by atoms with Crippen molar-refractivity contribution in [3.63, 3.8) is 0 Å². The van der Waals surface area contributed by atoms with Gasteiger partial charge < -0.3 is 16.2 Å². The van der Waals surface area contributed by atoms with E-state index in [-0.39, 0.29) is 21.4 Å². The van der Waals surface area contributed by atoms with Crippen molar-refractivity contribution in [1.29, 1.82) is 0 Å².